The highest BCUT2D eigenvalue weighted by molar-refractivity contribution is 8.16. The zero-order valence-corrected chi connectivity index (χ0v) is 22.9. The van der Waals surface area contributed by atoms with Gasteiger partial charge in [-0.05, 0) is 37.8 Å². The molecule has 0 aromatic heterocycles. The third-order valence-electron chi connectivity index (χ3n) is 6.74. The molecule has 0 aliphatic carbocycles. The monoisotopic (exact) mass is 518 g/mol. The van der Waals surface area contributed by atoms with Gasteiger partial charge in [-0.3, -0.25) is 9.59 Å². The largest absolute Gasteiger partial charge is 0.496 e. The lowest BCUT2D eigenvalue weighted by Gasteiger charge is -2.38. The van der Waals surface area contributed by atoms with E-state index in [9.17, 15) is 9.59 Å². The van der Waals surface area contributed by atoms with Crippen LogP contribution in [0.15, 0.2) is 82.0 Å². The Kier molecular flexibility index (Phi) is 8.38. The molecule has 7 nitrogen and oxygen atoms in total. The molecule has 0 radical (unpaired) electrons. The van der Waals surface area contributed by atoms with Crippen LogP contribution in [-0.4, -0.2) is 58.9 Å². The molecule has 1 unspecified atom stereocenters. The molecule has 2 heterocycles. The maximum absolute atomic E-state index is 13.8. The highest BCUT2D eigenvalue weighted by atomic mass is 32.2. The van der Waals surface area contributed by atoms with Crippen molar-refractivity contribution in [2.75, 3.05) is 27.2 Å². The van der Waals surface area contributed by atoms with E-state index in [0.717, 1.165) is 22.0 Å². The third-order valence-corrected chi connectivity index (χ3v) is 7.62. The third kappa shape index (κ3) is 5.44. The number of amidine groups is 1. The van der Waals surface area contributed by atoms with E-state index in [0.29, 0.717) is 36.7 Å². The van der Waals surface area contributed by atoms with E-state index >= 15 is 0 Å². The number of nitrogens with zero attached hydrogens (tertiary/aromatic N) is 4. The number of methoxy groups -OCH3 is 1. The number of thioether (sulfide) groups is 1. The van der Waals surface area contributed by atoms with Crippen LogP contribution in [0.4, 0.5) is 0 Å². The van der Waals surface area contributed by atoms with Gasteiger partial charge in [-0.2, -0.15) is 0 Å². The van der Waals surface area contributed by atoms with Crippen LogP contribution >= 0.6 is 11.8 Å². The van der Waals surface area contributed by atoms with Crippen molar-refractivity contribution in [3.05, 3.63) is 88.1 Å². The van der Waals surface area contributed by atoms with Crippen molar-refractivity contribution >= 4 is 28.7 Å². The van der Waals surface area contributed by atoms with Crippen molar-refractivity contribution in [1.29, 1.82) is 0 Å². The molecule has 1 atom stereocenters. The normalized spacial score (nSPS) is 16.7. The molecule has 2 aliphatic heterocycles. The van der Waals surface area contributed by atoms with Crippen LogP contribution in [-0.2, 0) is 16.1 Å². The topological polar surface area (TPSA) is 65.5 Å². The predicted octanol–water partition coefficient (Wildman–Crippen LogP) is 5.19. The number of carbonyl (C=O) groups excluding carboxylic acids is 2. The molecular weight excluding hydrogens is 484 g/mol. The number of benzene rings is 2. The fourth-order valence-electron chi connectivity index (χ4n) is 4.75. The number of hydrogen-bond donors (Lipinski definition) is 0. The Bertz CT molecular complexity index is 1250. The molecule has 0 spiro atoms. The number of aliphatic imine (C=N–C) groups is 1. The molecule has 2 aromatic rings. The van der Waals surface area contributed by atoms with Gasteiger partial charge in [0.15, 0.2) is 5.17 Å². The lowest BCUT2D eigenvalue weighted by atomic mass is 9.92. The Balaban J connectivity index is 1.70. The van der Waals surface area contributed by atoms with E-state index in [1.165, 1.54) is 11.8 Å². The van der Waals surface area contributed by atoms with E-state index < -0.39 is 6.04 Å². The van der Waals surface area contributed by atoms with Gasteiger partial charge in [-0.25, -0.2) is 4.99 Å². The van der Waals surface area contributed by atoms with Crippen LogP contribution in [0.25, 0.3) is 0 Å². The summed E-state index contributed by atoms with van der Waals surface area (Å²) in [6.45, 7) is 7.57. The number of hydrogen-bond acceptors (Lipinski definition) is 6. The Morgan fingerprint density at radius 2 is 1.73 bits per heavy atom. The Hall–Kier alpha value is -3.52. The molecule has 37 heavy (non-hydrogen) atoms. The van der Waals surface area contributed by atoms with Crippen LogP contribution in [0, 0.1) is 0 Å². The highest BCUT2D eigenvalue weighted by Gasteiger charge is 2.42. The number of ether oxygens (including phenoxy) is 1. The van der Waals surface area contributed by atoms with Gasteiger partial charge in [0.25, 0.3) is 5.91 Å². The average molecular weight is 519 g/mol. The molecule has 194 valence electrons. The maximum Gasteiger partial charge on any atom is 0.254 e. The van der Waals surface area contributed by atoms with E-state index in [2.05, 4.69) is 0 Å². The second kappa shape index (κ2) is 11.7. The molecule has 2 aliphatic rings. The van der Waals surface area contributed by atoms with Crippen molar-refractivity contribution in [3.8, 4) is 5.75 Å². The lowest BCUT2D eigenvalue weighted by Crippen LogP contribution is -2.42. The summed E-state index contributed by atoms with van der Waals surface area (Å²) >= 11 is 1.48. The first-order valence-corrected chi connectivity index (χ1v) is 13.4. The first kappa shape index (κ1) is 26.5. The summed E-state index contributed by atoms with van der Waals surface area (Å²) < 4.78 is 5.73. The molecule has 0 bridgehead atoms. The van der Waals surface area contributed by atoms with Crippen LogP contribution < -0.4 is 4.74 Å². The van der Waals surface area contributed by atoms with Gasteiger partial charge in [0.1, 0.15) is 5.75 Å². The minimum Gasteiger partial charge on any atom is -0.496 e. The maximum atomic E-state index is 13.8. The molecular formula is C29H34N4O3S. The van der Waals surface area contributed by atoms with Gasteiger partial charge in [0.2, 0.25) is 5.91 Å². The van der Waals surface area contributed by atoms with Gasteiger partial charge in [0.05, 0.1) is 30.8 Å². The summed E-state index contributed by atoms with van der Waals surface area (Å²) in [5.41, 5.74) is 4.06. The number of carbonyl (C=O) groups is 2. The summed E-state index contributed by atoms with van der Waals surface area (Å²) in [4.78, 5) is 37.5. The second-order valence-electron chi connectivity index (χ2n) is 9.02. The van der Waals surface area contributed by atoms with E-state index in [1.54, 1.807) is 12.0 Å². The SMILES string of the molecule is CCN(CC)C(=O)C1=C(C)N=C2SC=C(CC(=O)N(C)Cc3ccccc3)N2C1c1ccccc1OC. The van der Waals surface area contributed by atoms with Crippen LogP contribution in [0.2, 0.25) is 0 Å². The first-order chi connectivity index (χ1) is 17.9. The predicted molar refractivity (Wildman–Crippen MR) is 149 cm³/mol. The summed E-state index contributed by atoms with van der Waals surface area (Å²) in [5.74, 6) is 0.638. The molecule has 0 saturated carbocycles. The summed E-state index contributed by atoms with van der Waals surface area (Å²) in [6.07, 6.45) is 0.201. The fourth-order valence-corrected chi connectivity index (χ4v) is 5.71. The number of likely N-dealkylation sites (N-methyl/N-ethyl adjacent to an activating group) is 1. The molecule has 0 N–H and O–H groups in total. The smallest absolute Gasteiger partial charge is 0.254 e. The van der Waals surface area contributed by atoms with Crippen LogP contribution in [0.3, 0.4) is 0 Å². The quantitative estimate of drug-likeness (QED) is 0.457. The standard InChI is InChI=1S/C29H34N4O3S/c1-6-32(7-2)28(35)26-20(3)30-29-33(27(26)23-15-11-12-16-24(23)36-5)22(19-37-29)17-25(34)31(4)18-21-13-9-8-10-14-21/h8-16,19,27H,6-7,17-18H2,1-5H3. The minimum atomic E-state index is -0.453. The van der Waals surface area contributed by atoms with Crippen molar-refractivity contribution in [3.63, 3.8) is 0 Å². The summed E-state index contributed by atoms with van der Waals surface area (Å²) in [7, 11) is 3.46. The van der Waals surface area contributed by atoms with Crippen LogP contribution in [0.5, 0.6) is 5.75 Å². The van der Waals surface area contributed by atoms with E-state index in [4.69, 9.17) is 9.73 Å². The Morgan fingerprint density at radius 3 is 2.41 bits per heavy atom. The first-order valence-electron chi connectivity index (χ1n) is 12.5. The molecule has 0 saturated heterocycles. The molecule has 2 aromatic carbocycles. The van der Waals surface area contributed by atoms with Crippen molar-refractivity contribution in [2.45, 2.75) is 39.8 Å². The van der Waals surface area contributed by atoms with Gasteiger partial charge in [0, 0.05) is 37.9 Å². The number of rotatable bonds is 9. The Labute approximate surface area is 223 Å². The number of amides is 2. The highest BCUT2D eigenvalue weighted by Crippen LogP contribution is 2.47. The minimum absolute atomic E-state index is 0.00127. The second-order valence-corrected chi connectivity index (χ2v) is 9.86. The fraction of sp³-hybridized carbons (Fsp3) is 0.345. The zero-order valence-electron chi connectivity index (χ0n) is 22.1. The van der Waals surface area contributed by atoms with Gasteiger partial charge in [-0.15, -0.1) is 0 Å². The van der Waals surface area contributed by atoms with E-state index in [-0.39, 0.29) is 18.2 Å². The number of fused-ring (bicyclic) bond motifs is 1. The molecule has 8 heteroatoms. The molecule has 0 fully saturated rings. The summed E-state index contributed by atoms with van der Waals surface area (Å²) in [6, 6.07) is 17.2. The lowest BCUT2D eigenvalue weighted by molar-refractivity contribution is -0.129. The van der Waals surface area contributed by atoms with Crippen molar-refractivity contribution in [1.82, 2.24) is 14.7 Å². The van der Waals surface area contributed by atoms with Gasteiger partial charge in [-0.1, -0.05) is 60.3 Å². The van der Waals surface area contributed by atoms with Crippen molar-refractivity contribution in [2.24, 2.45) is 4.99 Å². The zero-order chi connectivity index (χ0) is 26.5. The van der Waals surface area contributed by atoms with Gasteiger partial charge >= 0.3 is 0 Å². The number of para-hydroxylation sites is 1. The summed E-state index contributed by atoms with van der Waals surface area (Å²) in [5, 5.41) is 2.74. The van der Waals surface area contributed by atoms with Crippen LogP contribution in [0.1, 0.15) is 44.4 Å². The van der Waals surface area contributed by atoms with Gasteiger partial charge < -0.3 is 19.4 Å². The average Bonchev–Trinajstić information content (AvgIpc) is 3.30. The van der Waals surface area contributed by atoms with Crippen molar-refractivity contribution < 1.29 is 14.3 Å². The van der Waals surface area contributed by atoms with E-state index in [1.807, 2.05) is 97.6 Å². The number of allylic oxidation sites excluding steroid dienone is 1. The molecule has 4 rings (SSSR count). The Morgan fingerprint density at radius 1 is 1.05 bits per heavy atom. The molecule has 2 amide bonds.